The van der Waals surface area contributed by atoms with Crippen molar-refractivity contribution in [1.29, 1.82) is 0 Å². The summed E-state index contributed by atoms with van der Waals surface area (Å²) in [6, 6.07) is 4.89. The van der Waals surface area contributed by atoms with E-state index < -0.39 is 0 Å². The second kappa shape index (κ2) is 4.94. The highest BCUT2D eigenvalue weighted by molar-refractivity contribution is 7.09. The minimum absolute atomic E-state index is 0.357. The van der Waals surface area contributed by atoms with Crippen molar-refractivity contribution in [3.05, 3.63) is 22.4 Å². The molecule has 1 nitrogen and oxygen atoms in total. The fraction of sp³-hybridized carbons (Fsp3) is 0.667. The maximum Gasteiger partial charge on any atom is 0.00874 e. The molecule has 0 bridgehead atoms. The Morgan fingerprint density at radius 1 is 1.43 bits per heavy atom. The van der Waals surface area contributed by atoms with E-state index in [1.54, 1.807) is 0 Å². The molecule has 2 heteroatoms. The van der Waals surface area contributed by atoms with E-state index in [2.05, 4.69) is 50.5 Å². The number of hydrogen-bond acceptors (Lipinski definition) is 2. The maximum atomic E-state index is 3.57. The van der Waals surface area contributed by atoms with Crippen molar-refractivity contribution in [2.75, 3.05) is 6.54 Å². The van der Waals surface area contributed by atoms with Gasteiger partial charge in [0.1, 0.15) is 0 Å². The fourth-order valence-corrected chi connectivity index (χ4v) is 1.88. The summed E-state index contributed by atoms with van der Waals surface area (Å²) in [6.45, 7) is 10.2. The Labute approximate surface area is 91.5 Å². The molecule has 0 aliphatic heterocycles. The molecule has 0 spiro atoms. The van der Waals surface area contributed by atoms with Crippen LogP contribution >= 0.6 is 11.3 Å². The summed E-state index contributed by atoms with van der Waals surface area (Å²) in [7, 11) is 0. The lowest BCUT2D eigenvalue weighted by atomic mass is 9.88. The van der Waals surface area contributed by atoms with E-state index in [0.717, 1.165) is 13.0 Å². The standard InChI is InChI=1S/C12H21NS/c1-10(12(2,3)4)13-8-7-11-6-5-9-14-11/h5-6,9-10,13H,7-8H2,1-4H3. The first-order valence-electron chi connectivity index (χ1n) is 5.26. The van der Waals surface area contributed by atoms with Gasteiger partial charge in [0.05, 0.1) is 0 Å². The van der Waals surface area contributed by atoms with Gasteiger partial charge in [0.15, 0.2) is 0 Å². The summed E-state index contributed by atoms with van der Waals surface area (Å²) in [5, 5.41) is 5.71. The van der Waals surface area contributed by atoms with E-state index in [-0.39, 0.29) is 0 Å². The molecule has 0 radical (unpaired) electrons. The van der Waals surface area contributed by atoms with Crippen molar-refractivity contribution < 1.29 is 0 Å². The Hall–Kier alpha value is -0.340. The maximum absolute atomic E-state index is 3.57. The molecule has 14 heavy (non-hydrogen) atoms. The van der Waals surface area contributed by atoms with Crippen LogP contribution in [-0.2, 0) is 6.42 Å². The van der Waals surface area contributed by atoms with Gasteiger partial charge in [-0.2, -0.15) is 0 Å². The molecule has 0 fully saturated rings. The van der Waals surface area contributed by atoms with Crippen LogP contribution < -0.4 is 5.32 Å². The molecule has 0 saturated heterocycles. The lowest BCUT2D eigenvalue weighted by Crippen LogP contribution is -2.38. The third-order valence-corrected chi connectivity index (χ3v) is 3.64. The molecule has 0 aromatic carbocycles. The molecule has 1 unspecified atom stereocenters. The number of nitrogens with one attached hydrogen (secondary N) is 1. The first kappa shape index (κ1) is 11.7. The summed E-state index contributed by atoms with van der Waals surface area (Å²) >= 11 is 1.84. The van der Waals surface area contributed by atoms with Gasteiger partial charge in [0.2, 0.25) is 0 Å². The van der Waals surface area contributed by atoms with Gasteiger partial charge in [-0.25, -0.2) is 0 Å². The average Bonchev–Trinajstić information content (AvgIpc) is 2.55. The van der Waals surface area contributed by atoms with Gasteiger partial charge in [-0.1, -0.05) is 26.8 Å². The fourth-order valence-electron chi connectivity index (χ4n) is 1.17. The number of thiophene rings is 1. The topological polar surface area (TPSA) is 12.0 Å². The highest BCUT2D eigenvalue weighted by Crippen LogP contribution is 2.18. The van der Waals surface area contributed by atoms with E-state index >= 15 is 0 Å². The van der Waals surface area contributed by atoms with Crippen LogP contribution in [0, 0.1) is 5.41 Å². The molecular weight excluding hydrogens is 190 g/mol. The molecule has 0 aliphatic rings. The van der Waals surface area contributed by atoms with Crippen molar-refractivity contribution in [3.8, 4) is 0 Å². The van der Waals surface area contributed by atoms with E-state index in [4.69, 9.17) is 0 Å². The van der Waals surface area contributed by atoms with E-state index in [9.17, 15) is 0 Å². The first-order valence-corrected chi connectivity index (χ1v) is 6.14. The van der Waals surface area contributed by atoms with Crippen LogP contribution in [0.15, 0.2) is 17.5 Å². The zero-order chi connectivity index (χ0) is 10.6. The minimum atomic E-state index is 0.357. The van der Waals surface area contributed by atoms with Crippen molar-refractivity contribution in [1.82, 2.24) is 5.32 Å². The monoisotopic (exact) mass is 211 g/mol. The van der Waals surface area contributed by atoms with E-state index in [1.165, 1.54) is 4.88 Å². The van der Waals surface area contributed by atoms with Crippen LogP contribution in [0.5, 0.6) is 0 Å². The second-order valence-electron chi connectivity index (χ2n) is 4.87. The molecule has 0 saturated carbocycles. The highest BCUT2D eigenvalue weighted by Gasteiger charge is 2.18. The highest BCUT2D eigenvalue weighted by atomic mass is 32.1. The van der Waals surface area contributed by atoms with Crippen LogP contribution in [0.2, 0.25) is 0 Å². The van der Waals surface area contributed by atoms with E-state index in [1.807, 2.05) is 11.3 Å². The van der Waals surface area contributed by atoms with Gasteiger partial charge in [-0.3, -0.25) is 0 Å². The summed E-state index contributed by atoms with van der Waals surface area (Å²) in [5.41, 5.74) is 0.357. The van der Waals surface area contributed by atoms with Gasteiger partial charge >= 0.3 is 0 Å². The smallest absolute Gasteiger partial charge is 0.00874 e. The Morgan fingerprint density at radius 3 is 2.64 bits per heavy atom. The van der Waals surface area contributed by atoms with Gasteiger partial charge in [0, 0.05) is 17.5 Å². The molecule has 1 rings (SSSR count). The van der Waals surface area contributed by atoms with Gasteiger partial charge in [0.25, 0.3) is 0 Å². The zero-order valence-electron chi connectivity index (χ0n) is 9.63. The SMILES string of the molecule is CC(NCCc1cccs1)C(C)(C)C. The molecule has 1 N–H and O–H groups in total. The Balaban J connectivity index is 2.22. The summed E-state index contributed by atoms with van der Waals surface area (Å²) in [6.07, 6.45) is 1.15. The Bertz CT molecular complexity index is 246. The lowest BCUT2D eigenvalue weighted by molar-refractivity contribution is 0.288. The Kier molecular flexibility index (Phi) is 4.14. The molecule has 1 heterocycles. The summed E-state index contributed by atoms with van der Waals surface area (Å²) in [5.74, 6) is 0. The molecule has 1 aromatic rings. The molecule has 0 aliphatic carbocycles. The van der Waals surface area contributed by atoms with Crippen LogP contribution in [0.4, 0.5) is 0 Å². The first-order chi connectivity index (χ1) is 6.50. The number of rotatable bonds is 4. The predicted molar refractivity (Wildman–Crippen MR) is 64.9 cm³/mol. The predicted octanol–water partition coefficient (Wildman–Crippen LogP) is 3.31. The van der Waals surface area contributed by atoms with Gasteiger partial charge in [-0.05, 0) is 30.2 Å². The molecule has 80 valence electrons. The third kappa shape index (κ3) is 3.81. The molecule has 1 aromatic heterocycles. The number of hydrogen-bond donors (Lipinski definition) is 1. The summed E-state index contributed by atoms with van der Waals surface area (Å²) in [4.78, 5) is 1.47. The second-order valence-corrected chi connectivity index (χ2v) is 5.90. The van der Waals surface area contributed by atoms with Crippen LogP contribution in [0.25, 0.3) is 0 Å². The summed E-state index contributed by atoms with van der Waals surface area (Å²) < 4.78 is 0. The van der Waals surface area contributed by atoms with Gasteiger partial charge < -0.3 is 5.32 Å². The van der Waals surface area contributed by atoms with Crippen LogP contribution in [0.3, 0.4) is 0 Å². The normalized spacial score (nSPS) is 14.3. The third-order valence-electron chi connectivity index (χ3n) is 2.70. The Morgan fingerprint density at radius 2 is 2.14 bits per heavy atom. The van der Waals surface area contributed by atoms with Crippen LogP contribution in [-0.4, -0.2) is 12.6 Å². The van der Waals surface area contributed by atoms with Crippen molar-refractivity contribution in [2.24, 2.45) is 5.41 Å². The van der Waals surface area contributed by atoms with Crippen LogP contribution in [0.1, 0.15) is 32.6 Å². The van der Waals surface area contributed by atoms with Crippen molar-refractivity contribution in [3.63, 3.8) is 0 Å². The quantitative estimate of drug-likeness (QED) is 0.805. The van der Waals surface area contributed by atoms with E-state index in [0.29, 0.717) is 11.5 Å². The average molecular weight is 211 g/mol. The van der Waals surface area contributed by atoms with Crippen molar-refractivity contribution >= 4 is 11.3 Å². The largest absolute Gasteiger partial charge is 0.313 e. The molecular formula is C12H21NS. The van der Waals surface area contributed by atoms with Gasteiger partial charge in [-0.15, -0.1) is 11.3 Å². The lowest BCUT2D eigenvalue weighted by Gasteiger charge is -2.28. The van der Waals surface area contributed by atoms with Crippen molar-refractivity contribution in [2.45, 2.75) is 40.2 Å². The minimum Gasteiger partial charge on any atom is -0.313 e. The molecule has 1 atom stereocenters. The molecule has 0 amide bonds. The zero-order valence-corrected chi connectivity index (χ0v) is 10.4.